The molecule has 2 nitrogen and oxygen atoms in total. The molecule has 0 spiro atoms. The first-order valence-corrected chi connectivity index (χ1v) is 3.79. The first kappa shape index (κ1) is 5.69. The van der Waals surface area contributed by atoms with E-state index in [0.717, 1.165) is 12.0 Å². The predicted octanol–water partition coefficient (Wildman–Crippen LogP) is -0.0901. The van der Waals surface area contributed by atoms with Crippen molar-refractivity contribution < 1.29 is 0 Å². The summed E-state index contributed by atoms with van der Waals surface area (Å²) in [4.78, 5) is 2.48. The van der Waals surface area contributed by atoms with Crippen molar-refractivity contribution in [2.24, 2.45) is 5.92 Å². The number of fused-ring (bicyclic) bond motifs is 1. The third kappa shape index (κ3) is 0.775. The van der Waals surface area contributed by atoms with Crippen LogP contribution in [0.5, 0.6) is 0 Å². The fourth-order valence-electron chi connectivity index (χ4n) is 2.06. The van der Waals surface area contributed by atoms with E-state index in [9.17, 15) is 0 Å². The van der Waals surface area contributed by atoms with Crippen LogP contribution in [0.2, 0.25) is 0 Å². The lowest BCUT2D eigenvalue weighted by Gasteiger charge is -2.16. The van der Waals surface area contributed by atoms with E-state index in [-0.39, 0.29) is 0 Å². The molecular weight excluding hydrogens is 112 g/mol. The SMILES string of the molecule is CN1CC[C@H]2CNC[C@H]21. The lowest BCUT2D eigenvalue weighted by molar-refractivity contribution is 0.308. The summed E-state index contributed by atoms with van der Waals surface area (Å²) in [5.74, 6) is 0.968. The highest BCUT2D eigenvalue weighted by atomic mass is 15.2. The minimum Gasteiger partial charge on any atom is -0.315 e. The molecule has 0 unspecified atom stereocenters. The average Bonchev–Trinajstić information content (AvgIpc) is 2.35. The topological polar surface area (TPSA) is 15.3 Å². The van der Waals surface area contributed by atoms with E-state index < -0.39 is 0 Å². The second-order valence-electron chi connectivity index (χ2n) is 3.25. The zero-order chi connectivity index (χ0) is 6.27. The van der Waals surface area contributed by atoms with Gasteiger partial charge in [0.25, 0.3) is 0 Å². The van der Waals surface area contributed by atoms with E-state index in [1.54, 1.807) is 0 Å². The lowest BCUT2D eigenvalue weighted by atomic mass is 10.1. The molecule has 1 N–H and O–H groups in total. The molecule has 9 heavy (non-hydrogen) atoms. The minimum absolute atomic E-state index is 0.866. The summed E-state index contributed by atoms with van der Waals surface area (Å²) in [6.45, 7) is 3.80. The molecule has 0 radical (unpaired) electrons. The van der Waals surface area contributed by atoms with Crippen LogP contribution < -0.4 is 5.32 Å². The minimum atomic E-state index is 0.866. The molecule has 2 rings (SSSR count). The van der Waals surface area contributed by atoms with E-state index in [1.807, 2.05) is 0 Å². The molecule has 0 saturated carbocycles. The van der Waals surface area contributed by atoms with Crippen LogP contribution in [0.15, 0.2) is 0 Å². The number of hydrogen-bond donors (Lipinski definition) is 1. The van der Waals surface area contributed by atoms with Crippen LogP contribution in [-0.4, -0.2) is 37.6 Å². The summed E-state index contributed by atoms with van der Waals surface area (Å²) >= 11 is 0. The molecule has 2 aliphatic rings. The number of nitrogens with one attached hydrogen (secondary N) is 1. The molecule has 0 aromatic heterocycles. The summed E-state index contributed by atoms with van der Waals surface area (Å²) in [7, 11) is 2.23. The smallest absolute Gasteiger partial charge is 0.0258 e. The third-order valence-corrected chi connectivity index (χ3v) is 2.72. The lowest BCUT2D eigenvalue weighted by Crippen LogP contribution is -2.30. The molecule has 0 aliphatic carbocycles. The Hall–Kier alpha value is -0.0800. The highest BCUT2D eigenvalue weighted by molar-refractivity contribution is 4.92. The number of hydrogen-bond acceptors (Lipinski definition) is 2. The highest BCUT2D eigenvalue weighted by Gasteiger charge is 2.34. The summed E-state index contributed by atoms with van der Waals surface area (Å²) < 4.78 is 0. The molecule has 2 heteroatoms. The summed E-state index contributed by atoms with van der Waals surface area (Å²) in [6, 6.07) is 0.866. The largest absolute Gasteiger partial charge is 0.315 e. The molecule has 52 valence electrons. The van der Waals surface area contributed by atoms with Gasteiger partial charge in [0.1, 0.15) is 0 Å². The van der Waals surface area contributed by atoms with Gasteiger partial charge in [-0.25, -0.2) is 0 Å². The van der Waals surface area contributed by atoms with Crippen LogP contribution in [0, 0.1) is 5.92 Å². The molecule has 2 aliphatic heterocycles. The predicted molar refractivity (Wildman–Crippen MR) is 37.4 cm³/mol. The van der Waals surface area contributed by atoms with Gasteiger partial charge in [-0.3, -0.25) is 0 Å². The van der Waals surface area contributed by atoms with Crippen LogP contribution in [0.4, 0.5) is 0 Å². The quantitative estimate of drug-likeness (QED) is 0.488. The maximum absolute atomic E-state index is 3.41. The van der Waals surface area contributed by atoms with E-state index >= 15 is 0 Å². The molecule has 2 atom stereocenters. The van der Waals surface area contributed by atoms with Crippen LogP contribution in [-0.2, 0) is 0 Å². The summed E-state index contributed by atoms with van der Waals surface area (Å²) in [5, 5.41) is 3.41. The Morgan fingerprint density at radius 1 is 1.44 bits per heavy atom. The number of rotatable bonds is 0. The Kier molecular flexibility index (Phi) is 1.24. The first-order valence-electron chi connectivity index (χ1n) is 3.79. The van der Waals surface area contributed by atoms with E-state index in [2.05, 4.69) is 17.3 Å². The fourth-order valence-corrected chi connectivity index (χ4v) is 2.06. The molecule has 2 saturated heterocycles. The maximum atomic E-state index is 3.41. The second kappa shape index (κ2) is 1.96. The van der Waals surface area contributed by atoms with Crippen molar-refractivity contribution in [2.75, 3.05) is 26.7 Å². The van der Waals surface area contributed by atoms with Crippen LogP contribution >= 0.6 is 0 Å². The normalized spacial score (nSPS) is 43.7. The van der Waals surface area contributed by atoms with Gasteiger partial charge in [0, 0.05) is 12.6 Å². The molecule has 0 aromatic carbocycles. The van der Waals surface area contributed by atoms with Gasteiger partial charge >= 0.3 is 0 Å². The average molecular weight is 126 g/mol. The van der Waals surface area contributed by atoms with Crippen molar-refractivity contribution in [3.05, 3.63) is 0 Å². The Morgan fingerprint density at radius 3 is 3.11 bits per heavy atom. The third-order valence-electron chi connectivity index (χ3n) is 2.72. The van der Waals surface area contributed by atoms with Gasteiger partial charge in [-0.1, -0.05) is 0 Å². The van der Waals surface area contributed by atoms with E-state index in [0.29, 0.717) is 0 Å². The van der Waals surface area contributed by atoms with Gasteiger partial charge < -0.3 is 10.2 Å². The fraction of sp³-hybridized carbons (Fsp3) is 1.00. The number of likely N-dealkylation sites (N-methyl/N-ethyl adjacent to an activating group) is 1. The van der Waals surface area contributed by atoms with Crippen molar-refractivity contribution in [3.63, 3.8) is 0 Å². The van der Waals surface area contributed by atoms with Crippen LogP contribution in [0.1, 0.15) is 6.42 Å². The van der Waals surface area contributed by atoms with E-state index in [1.165, 1.54) is 26.1 Å². The molecule has 2 fully saturated rings. The number of likely N-dealkylation sites (tertiary alicyclic amines) is 1. The summed E-state index contributed by atoms with van der Waals surface area (Å²) in [6.07, 6.45) is 1.41. The molecular formula is C7H14N2. The van der Waals surface area contributed by atoms with Crippen molar-refractivity contribution in [1.29, 1.82) is 0 Å². The summed E-state index contributed by atoms with van der Waals surface area (Å²) in [5.41, 5.74) is 0. The van der Waals surface area contributed by atoms with Crippen molar-refractivity contribution in [3.8, 4) is 0 Å². The van der Waals surface area contributed by atoms with Gasteiger partial charge in [0.15, 0.2) is 0 Å². The molecule has 2 heterocycles. The van der Waals surface area contributed by atoms with Crippen LogP contribution in [0.3, 0.4) is 0 Å². The van der Waals surface area contributed by atoms with E-state index in [4.69, 9.17) is 0 Å². The molecule has 0 bridgehead atoms. The first-order chi connectivity index (χ1) is 4.38. The molecule has 0 amide bonds. The van der Waals surface area contributed by atoms with Crippen molar-refractivity contribution >= 4 is 0 Å². The van der Waals surface area contributed by atoms with Gasteiger partial charge in [0.2, 0.25) is 0 Å². The maximum Gasteiger partial charge on any atom is 0.0258 e. The second-order valence-corrected chi connectivity index (χ2v) is 3.25. The number of nitrogens with zero attached hydrogens (tertiary/aromatic N) is 1. The van der Waals surface area contributed by atoms with Gasteiger partial charge in [-0.05, 0) is 32.5 Å². The zero-order valence-electron chi connectivity index (χ0n) is 5.93. The zero-order valence-corrected chi connectivity index (χ0v) is 5.93. The van der Waals surface area contributed by atoms with Crippen LogP contribution in [0.25, 0.3) is 0 Å². The Bertz CT molecular complexity index is 113. The standard InChI is InChI=1S/C7H14N2/c1-9-3-2-6-4-8-5-7(6)9/h6-8H,2-5H2,1H3/t6-,7+/m0/s1. The Morgan fingerprint density at radius 2 is 2.33 bits per heavy atom. The Labute approximate surface area is 56.2 Å². The van der Waals surface area contributed by atoms with Gasteiger partial charge in [-0.15, -0.1) is 0 Å². The van der Waals surface area contributed by atoms with Crippen molar-refractivity contribution in [2.45, 2.75) is 12.5 Å². The van der Waals surface area contributed by atoms with Crippen molar-refractivity contribution in [1.82, 2.24) is 10.2 Å². The van der Waals surface area contributed by atoms with Gasteiger partial charge in [-0.2, -0.15) is 0 Å². The molecule has 0 aromatic rings. The Balaban J connectivity index is 2.07. The monoisotopic (exact) mass is 126 g/mol. The van der Waals surface area contributed by atoms with Gasteiger partial charge in [0.05, 0.1) is 0 Å². The highest BCUT2D eigenvalue weighted by Crippen LogP contribution is 2.24.